The van der Waals surface area contributed by atoms with Crippen LogP contribution >= 0.6 is 15.9 Å². The van der Waals surface area contributed by atoms with E-state index in [1.165, 1.54) is 12.1 Å². The number of rotatable bonds is 4. The number of hydrogen-bond donors (Lipinski definition) is 1. The smallest absolute Gasteiger partial charge is 0.349 e. The average Bonchev–Trinajstić information content (AvgIpc) is 2.86. The Balaban J connectivity index is 2.60. The molecule has 1 aliphatic heterocycles. The van der Waals surface area contributed by atoms with Crippen LogP contribution in [0, 0.1) is 6.92 Å². The fraction of sp³-hybridized carbons (Fsp3) is 0.429. The van der Waals surface area contributed by atoms with Crippen LogP contribution in [0.4, 0.5) is 0 Å². The molecule has 0 aliphatic carbocycles. The second-order valence-corrected chi connectivity index (χ2v) is 8.48. The first kappa shape index (κ1) is 17.9. The quantitative estimate of drug-likeness (QED) is 0.590. The second kappa shape index (κ2) is 6.21. The lowest BCUT2D eigenvalue weighted by molar-refractivity contribution is -0.152. The van der Waals surface area contributed by atoms with E-state index in [9.17, 15) is 18.0 Å². The van der Waals surface area contributed by atoms with Crippen molar-refractivity contribution in [1.29, 1.82) is 0 Å². The highest BCUT2D eigenvalue weighted by Gasteiger charge is 2.59. The van der Waals surface area contributed by atoms with Crippen LogP contribution in [0.15, 0.2) is 29.2 Å². The van der Waals surface area contributed by atoms with E-state index in [0.717, 1.165) is 17.0 Å². The Morgan fingerprint density at radius 1 is 1.39 bits per heavy atom. The number of benzene rings is 1. The van der Waals surface area contributed by atoms with E-state index in [1.54, 1.807) is 19.1 Å². The van der Waals surface area contributed by atoms with Crippen molar-refractivity contribution in [2.45, 2.75) is 29.2 Å². The Morgan fingerprint density at radius 3 is 2.43 bits per heavy atom. The van der Waals surface area contributed by atoms with Gasteiger partial charge in [0.05, 0.1) is 23.4 Å². The molecule has 1 fully saturated rings. The summed E-state index contributed by atoms with van der Waals surface area (Å²) in [5, 5.41) is 2.44. The summed E-state index contributed by atoms with van der Waals surface area (Å²) in [5.74, 6) is -1.43. The van der Waals surface area contributed by atoms with Crippen molar-refractivity contribution in [1.82, 2.24) is 9.62 Å². The molecular weight excluding hydrogens is 388 g/mol. The fourth-order valence-electron chi connectivity index (χ4n) is 2.45. The van der Waals surface area contributed by atoms with Crippen molar-refractivity contribution in [3.05, 3.63) is 29.8 Å². The molecule has 0 aromatic heterocycles. The number of methoxy groups -OCH3 is 1. The number of halogens is 1. The maximum absolute atomic E-state index is 12.9. The number of carbonyl (C=O) groups is 2. The summed E-state index contributed by atoms with van der Waals surface area (Å²) in [4.78, 5) is 23.5. The first-order chi connectivity index (χ1) is 10.7. The van der Waals surface area contributed by atoms with E-state index in [1.807, 2.05) is 6.92 Å². The van der Waals surface area contributed by atoms with E-state index in [0.29, 0.717) is 0 Å². The Morgan fingerprint density at radius 2 is 1.96 bits per heavy atom. The van der Waals surface area contributed by atoms with Gasteiger partial charge in [0.1, 0.15) is 0 Å². The molecule has 1 aliphatic rings. The zero-order valence-electron chi connectivity index (χ0n) is 12.9. The van der Waals surface area contributed by atoms with Gasteiger partial charge in [-0.15, -0.1) is 0 Å². The molecular formula is C14H17BrN2O5S. The second-order valence-electron chi connectivity index (χ2n) is 5.25. The molecule has 2 rings (SSSR count). The maximum Gasteiger partial charge on any atom is 0.349 e. The minimum atomic E-state index is -4.08. The summed E-state index contributed by atoms with van der Waals surface area (Å²) in [6.07, 6.45) is 0. The number of aryl methyl sites for hydroxylation is 1. The molecule has 1 N–H and O–H groups in total. The molecule has 1 aromatic carbocycles. The molecule has 0 spiro atoms. The first-order valence-corrected chi connectivity index (χ1v) is 9.15. The molecule has 0 radical (unpaired) electrons. The maximum atomic E-state index is 12.9. The predicted molar refractivity (Wildman–Crippen MR) is 86.3 cm³/mol. The molecule has 1 aromatic rings. The van der Waals surface area contributed by atoms with E-state index < -0.39 is 38.9 Å². The number of nitrogens with one attached hydrogen (secondary N) is 1. The van der Waals surface area contributed by atoms with Crippen LogP contribution in [0.1, 0.15) is 12.5 Å². The van der Waals surface area contributed by atoms with Crippen LogP contribution in [-0.2, 0) is 24.3 Å². The van der Waals surface area contributed by atoms with Crippen molar-refractivity contribution >= 4 is 37.8 Å². The molecule has 7 nitrogen and oxygen atoms in total. The molecule has 2 atom stereocenters. The summed E-state index contributed by atoms with van der Waals surface area (Å²) in [6.45, 7) is 2.94. The minimum Gasteiger partial charge on any atom is -0.466 e. The Hall–Kier alpha value is -1.45. The Bertz CT molecular complexity index is 732. The summed E-state index contributed by atoms with van der Waals surface area (Å²) in [5.41, 5.74) is -0.928. The SMILES string of the molecule is COC(=O)C1(C(C)Br)NC(=O)CN1S(=O)(=O)c1ccc(C)cc1. The van der Waals surface area contributed by atoms with E-state index in [4.69, 9.17) is 4.74 Å². The lowest BCUT2D eigenvalue weighted by Crippen LogP contribution is -2.64. The van der Waals surface area contributed by atoms with Gasteiger partial charge in [-0.3, -0.25) is 4.79 Å². The highest BCUT2D eigenvalue weighted by Crippen LogP contribution is 2.33. The standard InChI is InChI=1S/C14H17BrN2O5S/c1-9-4-6-11(7-5-9)23(20,21)17-8-12(18)16-14(17,10(2)15)13(19)22-3/h4-7,10H,8H2,1-3H3,(H,16,18). The largest absolute Gasteiger partial charge is 0.466 e. The number of carbonyl (C=O) groups excluding carboxylic acids is 2. The molecule has 1 heterocycles. The fourth-order valence-corrected chi connectivity index (χ4v) is 4.81. The third kappa shape index (κ3) is 2.88. The van der Waals surface area contributed by atoms with Crippen molar-refractivity contribution in [3.63, 3.8) is 0 Å². The number of hydrogen-bond acceptors (Lipinski definition) is 5. The van der Waals surface area contributed by atoms with Crippen LogP contribution in [-0.4, -0.2) is 48.7 Å². The summed E-state index contributed by atoms with van der Waals surface area (Å²) in [6, 6.07) is 6.17. The molecule has 1 saturated heterocycles. The van der Waals surface area contributed by atoms with Crippen LogP contribution in [0.5, 0.6) is 0 Å². The monoisotopic (exact) mass is 404 g/mol. The van der Waals surface area contributed by atoms with E-state index >= 15 is 0 Å². The summed E-state index contributed by atoms with van der Waals surface area (Å²) >= 11 is 3.22. The van der Waals surface area contributed by atoms with Gasteiger partial charge in [-0.25, -0.2) is 13.2 Å². The molecule has 1 amide bonds. The number of ether oxygens (including phenoxy) is 1. The number of esters is 1. The van der Waals surface area contributed by atoms with Gasteiger partial charge in [0.15, 0.2) is 0 Å². The average molecular weight is 405 g/mol. The van der Waals surface area contributed by atoms with Crippen LogP contribution in [0.2, 0.25) is 0 Å². The molecule has 2 unspecified atom stereocenters. The third-order valence-electron chi connectivity index (χ3n) is 3.69. The Labute approximate surface area is 143 Å². The molecule has 9 heteroatoms. The summed E-state index contributed by atoms with van der Waals surface area (Å²) in [7, 11) is -2.94. The highest BCUT2D eigenvalue weighted by atomic mass is 79.9. The number of nitrogens with zero attached hydrogens (tertiary/aromatic N) is 1. The van der Waals surface area contributed by atoms with Crippen LogP contribution < -0.4 is 5.32 Å². The third-order valence-corrected chi connectivity index (χ3v) is 6.22. The van der Waals surface area contributed by atoms with Gasteiger partial charge in [0, 0.05) is 0 Å². The molecule has 126 valence electrons. The topological polar surface area (TPSA) is 92.8 Å². The molecule has 0 bridgehead atoms. The zero-order valence-corrected chi connectivity index (χ0v) is 15.3. The number of sulfonamides is 1. The number of alkyl halides is 1. The van der Waals surface area contributed by atoms with Crippen LogP contribution in [0.3, 0.4) is 0 Å². The van der Waals surface area contributed by atoms with Gasteiger partial charge in [0.2, 0.25) is 21.6 Å². The zero-order chi connectivity index (χ0) is 17.4. The van der Waals surface area contributed by atoms with Gasteiger partial charge in [-0.2, -0.15) is 4.31 Å². The minimum absolute atomic E-state index is 0.000952. The van der Waals surface area contributed by atoms with Gasteiger partial charge in [0.25, 0.3) is 0 Å². The van der Waals surface area contributed by atoms with Crippen molar-refractivity contribution in [2.24, 2.45) is 0 Å². The Kier molecular flexibility index (Phi) is 4.84. The molecule has 0 saturated carbocycles. The van der Waals surface area contributed by atoms with Gasteiger partial charge < -0.3 is 10.1 Å². The lowest BCUT2D eigenvalue weighted by Gasteiger charge is -2.36. The van der Waals surface area contributed by atoms with Crippen LogP contribution in [0.25, 0.3) is 0 Å². The van der Waals surface area contributed by atoms with Crippen molar-refractivity contribution < 1.29 is 22.7 Å². The summed E-state index contributed by atoms with van der Waals surface area (Å²) < 4.78 is 31.5. The predicted octanol–water partition coefficient (Wildman–Crippen LogP) is 0.768. The lowest BCUT2D eigenvalue weighted by atomic mass is 10.1. The van der Waals surface area contributed by atoms with Crippen molar-refractivity contribution in [3.8, 4) is 0 Å². The highest BCUT2D eigenvalue weighted by molar-refractivity contribution is 9.09. The molecule has 23 heavy (non-hydrogen) atoms. The van der Waals surface area contributed by atoms with E-state index in [-0.39, 0.29) is 4.90 Å². The van der Waals surface area contributed by atoms with E-state index in [2.05, 4.69) is 21.2 Å². The van der Waals surface area contributed by atoms with Gasteiger partial charge in [-0.05, 0) is 26.0 Å². The normalized spacial score (nSPS) is 23.4. The van der Waals surface area contributed by atoms with Gasteiger partial charge in [-0.1, -0.05) is 33.6 Å². The number of amides is 1. The first-order valence-electron chi connectivity index (χ1n) is 6.79. The van der Waals surface area contributed by atoms with Crippen molar-refractivity contribution in [2.75, 3.05) is 13.7 Å². The van der Waals surface area contributed by atoms with Gasteiger partial charge >= 0.3 is 5.97 Å².